The molecule has 29 heavy (non-hydrogen) atoms. The van der Waals surface area contributed by atoms with Gasteiger partial charge in [-0.3, -0.25) is 19.3 Å². The Balaban J connectivity index is 1.48. The van der Waals surface area contributed by atoms with E-state index in [1.807, 2.05) is 41.3 Å². The van der Waals surface area contributed by atoms with E-state index in [2.05, 4.69) is 0 Å². The molecule has 2 aromatic rings. The number of amides is 3. The minimum Gasteiger partial charge on any atom is -0.497 e. The number of nitrogens with zero attached hydrogens (tertiary/aromatic N) is 2. The minimum atomic E-state index is -0.131. The molecule has 0 aromatic heterocycles. The fraction of sp³-hybridized carbons (Fsp3) is 0.348. The second-order valence-corrected chi connectivity index (χ2v) is 7.50. The van der Waals surface area contributed by atoms with Crippen LogP contribution in [0.3, 0.4) is 0 Å². The van der Waals surface area contributed by atoms with Crippen LogP contribution in [0, 0.1) is 0 Å². The molecule has 6 nitrogen and oxygen atoms in total. The Morgan fingerprint density at radius 2 is 1.79 bits per heavy atom. The van der Waals surface area contributed by atoms with Crippen LogP contribution in [0.5, 0.6) is 5.75 Å². The summed E-state index contributed by atoms with van der Waals surface area (Å²) in [6, 6.07) is 15.1. The highest BCUT2D eigenvalue weighted by Crippen LogP contribution is 2.34. The fourth-order valence-electron chi connectivity index (χ4n) is 4.11. The first-order chi connectivity index (χ1) is 14.1. The van der Waals surface area contributed by atoms with E-state index in [0.29, 0.717) is 5.56 Å². The van der Waals surface area contributed by atoms with E-state index < -0.39 is 0 Å². The zero-order valence-corrected chi connectivity index (χ0v) is 16.5. The third kappa shape index (κ3) is 3.88. The number of imide groups is 1. The van der Waals surface area contributed by atoms with Crippen molar-refractivity contribution in [2.45, 2.75) is 38.3 Å². The van der Waals surface area contributed by atoms with Crippen molar-refractivity contribution in [3.8, 4) is 5.75 Å². The van der Waals surface area contributed by atoms with Crippen molar-refractivity contribution in [3.63, 3.8) is 0 Å². The number of carbonyl (C=O) groups is 3. The van der Waals surface area contributed by atoms with Gasteiger partial charge in [0.05, 0.1) is 19.7 Å². The lowest BCUT2D eigenvalue weighted by atomic mass is 10.0. The Labute approximate surface area is 170 Å². The summed E-state index contributed by atoms with van der Waals surface area (Å²) in [4.78, 5) is 39.9. The van der Waals surface area contributed by atoms with Crippen LogP contribution in [0.2, 0.25) is 0 Å². The summed E-state index contributed by atoms with van der Waals surface area (Å²) in [7, 11) is 1.64. The van der Waals surface area contributed by atoms with Gasteiger partial charge in [0.25, 0.3) is 5.91 Å². The van der Waals surface area contributed by atoms with Crippen molar-refractivity contribution < 1.29 is 19.1 Å². The van der Waals surface area contributed by atoms with Gasteiger partial charge < -0.3 is 9.64 Å². The van der Waals surface area contributed by atoms with Gasteiger partial charge in [0.2, 0.25) is 11.8 Å². The summed E-state index contributed by atoms with van der Waals surface area (Å²) in [5.74, 6) is 0.522. The molecule has 1 atom stereocenters. The molecule has 0 N–H and O–H groups in total. The Morgan fingerprint density at radius 1 is 1.07 bits per heavy atom. The zero-order chi connectivity index (χ0) is 20.4. The van der Waals surface area contributed by atoms with Gasteiger partial charge in [-0.25, -0.2) is 0 Å². The maximum absolute atomic E-state index is 13.1. The highest BCUT2D eigenvalue weighted by molar-refractivity contribution is 6.01. The SMILES string of the molecule is COc1cccc(C2CCCN2C(=O)c2ccc(CN3C(=O)CCC3=O)cc2)c1. The van der Waals surface area contributed by atoms with Gasteiger partial charge in [-0.1, -0.05) is 24.3 Å². The van der Waals surface area contributed by atoms with Crippen LogP contribution in [0.25, 0.3) is 0 Å². The van der Waals surface area contributed by atoms with Gasteiger partial charge in [-0.05, 0) is 48.2 Å². The lowest BCUT2D eigenvalue weighted by Gasteiger charge is -2.25. The van der Waals surface area contributed by atoms with Crippen molar-refractivity contribution in [1.82, 2.24) is 9.80 Å². The molecule has 0 spiro atoms. The first kappa shape index (κ1) is 19.2. The lowest BCUT2D eigenvalue weighted by Crippen LogP contribution is -2.30. The van der Waals surface area contributed by atoms with E-state index >= 15 is 0 Å². The van der Waals surface area contributed by atoms with Crippen molar-refractivity contribution in [2.75, 3.05) is 13.7 Å². The predicted molar refractivity (Wildman–Crippen MR) is 107 cm³/mol. The Hall–Kier alpha value is -3.15. The van der Waals surface area contributed by atoms with Crippen LogP contribution in [0.15, 0.2) is 48.5 Å². The number of hydrogen-bond donors (Lipinski definition) is 0. The third-order valence-electron chi connectivity index (χ3n) is 5.69. The molecule has 0 bridgehead atoms. The van der Waals surface area contributed by atoms with E-state index in [1.165, 1.54) is 4.90 Å². The minimum absolute atomic E-state index is 0.00445. The van der Waals surface area contributed by atoms with Crippen LogP contribution in [0.1, 0.15) is 53.2 Å². The highest BCUT2D eigenvalue weighted by atomic mass is 16.5. The average Bonchev–Trinajstić information content (AvgIpc) is 3.36. The van der Waals surface area contributed by atoms with Crippen molar-refractivity contribution in [3.05, 3.63) is 65.2 Å². The van der Waals surface area contributed by atoms with Gasteiger partial charge >= 0.3 is 0 Å². The smallest absolute Gasteiger partial charge is 0.254 e. The molecule has 2 aromatic carbocycles. The van der Waals surface area contributed by atoms with Crippen molar-refractivity contribution >= 4 is 17.7 Å². The second-order valence-electron chi connectivity index (χ2n) is 7.50. The van der Waals surface area contributed by atoms with Crippen LogP contribution in [-0.4, -0.2) is 41.2 Å². The molecule has 0 aliphatic carbocycles. The monoisotopic (exact) mass is 392 g/mol. The van der Waals surface area contributed by atoms with Crippen LogP contribution in [-0.2, 0) is 16.1 Å². The molecule has 150 valence electrons. The predicted octanol–water partition coefficient (Wildman–Crippen LogP) is 3.32. The van der Waals surface area contributed by atoms with Gasteiger partial charge in [0.1, 0.15) is 5.75 Å². The number of methoxy groups -OCH3 is 1. The molecule has 2 heterocycles. The van der Waals surface area contributed by atoms with E-state index in [9.17, 15) is 14.4 Å². The van der Waals surface area contributed by atoms with Crippen LogP contribution >= 0.6 is 0 Å². The summed E-state index contributed by atoms with van der Waals surface area (Å²) in [5.41, 5.74) is 2.54. The summed E-state index contributed by atoms with van der Waals surface area (Å²) in [6.45, 7) is 0.988. The molecular formula is C23H24N2O4. The molecule has 0 saturated carbocycles. The van der Waals surface area contributed by atoms with E-state index in [1.54, 1.807) is 19.2 Å². The second kappa shape index (κ2) is 8.07. The Bertz CT molecular complexity index is 922. The number of rotatable bonds is 5. The fourth-order valence-corrected chi connectivity index (χ4v) is 4.11. The summed E-state index contributed by atoms with van der Waals surface area (Å²) in [6.07, 6.45) is 2.47. The van der Waals surface area contributed by atoms with Gasteiger partial charge in [0.15, 0.2) is 0 Å². The topological polar surface area (TPSA) is 66.9 Å². The summed E-state index contributed by atoms with van der Waals surface area (Å²) < 4.78 is 5.32. The summed E-state index contributed by atoms with van der Waals surface area (Å²) in [5, 5.41) is 0. The van der Waals surface area contributed by atoms with Crippen molar-refractivity contribution in [2.24, 2.45) is 0 Å². The lowest BCUT2D eigenvalue weighted by molar-refractivity contribution is -0.139. The number of benzene rings is 2. The molecule has 1 unspecified atom stereocenters. The van der Waals surface area contributed by atoms with Crippen molar-refractivity contribution in [1.29, 1.82) is 0 Å². The number of likely N-dealkylation sites (tertiary alicyclic amines) is 2. The number of hydrogen-bond acceptors (Lipinski definition) is 4. The maximum atomic E-state index is 13.1. The largest absolute Gasteiger partial charge is 0.497 e. The molecule has 2 aliphatic rings. The molecule has 4 rings (SSSR count). The Kier molecular flexibility index (Phi) is 5.34. The number of ether oxygens (including phenoxy) is 1. The van der Waals surface area contributed by atoms with Crippen LogP contribution in [0.4, 0.5) is 0 Å². The van der Waals surface area contributed by atoms with Gasteiger partial charge in [0, 0.05) is 24.9 Å². The Morgan fingerprint density at radius 3 is 2.48 bits per heavy atom. The molecule has 0 radical (unpaired) electrons. The molecule has 2 saturated heterocycles. The first-order valence-electron chi connectivity index (χ1n) is 9.94. The molecule has 2 aliphatic heterocycles. The maximum Gasteiger partial charge on any atom is 0.254 e. The summed E-state index contributed by atoms with van der Waals surface area (Å²) >= 11 is 0. The van der Waals surface area contributed by atoms with E-state index in [-0.39, 0.29) is 43.1 Å². The average molecular weight is 392 g/mol. The number of carbonyl (C=O) groups excluding carboxylic acids is 3. The quantitative estimate of drug-likeness (QED) is 0.732. The molecular weight excluding hydrogens is 368 g/mol. The van der Waals surface area contributed by atoms with Crippen LogP contribution < -0.4 is 4.74 Å². The van der Waals surface area contributed by atoms with E-state index in [4.69, 9.17) is 4.74 Å². The normalized spacial score (nSPS) is 19.1. The van der Waals surface area contributed by atoms with Gasteiger partial charge in [-0.15, -0.1) is 0 Å². The third-order valence-corrected chi connectivity index (χ3v) is 5.69. The highest BCUT2D eigenvalue weighted by Gasteiger charge is 2.31. The molecule has 2 fully saturated rings. The van der Waals surface area contributed by atoms with E-state index in [0.717, 1.165) is 36.3 Å². The molecule has 6 heteroatoms. The van der Waals surface area contributed by atoms with Gasteiger partial charge in [-0.2, -0.15) is 0 Å². The standard InChI is InChI=1S/C23H24N2O4/c1-29-19-5-2-4-18(14-19)20-6-3-13-24(20)23(28)17-9-7-16(8-10-17)15-25-21(26)11-12-22(25)27/h2,4-5,7-10,14,20H,3,6,11-13,15H2,1H3. The zero-order valence-electron chi connectivity index (χ0n) is 16.5. The molecule has 3 amide bonds. The first-order valence-corrected chi connectivity index (χ1v) is 9.94.